The quantitative estimate of drug-likeness (QED) is 0.334. The average Bonchev–Trinajstić information content (AvgIpc) is 3.46. The summed E-state index contributed by atoms with van der Waals surface area (Å²) in [7, 11) is 1.55. The first-order chi connectivity index (χ1) is 17.2. The number of hydrogen-bond donors (Lipinski definition) is 4. The van der Waals surface area contributed by atoms with Crippen LogP contribution in [0.5, 0.6) is 5.75 Å². The van der Waals surface area contributed by atoms with Gasteiger partial charge in [-0.05, 0) is 31.0 Å². The van der Waals surface area contributed by atoms with Crippen molar-refractivity contribution >= 4 is 45.3 Å². The van der Waals surface area contributed by atoms with Crippen LogP contribution in [0, 0.1) is 5.92 Å². The highest BCUT2D eigenvalue weighted by molar-refractivity contribution is 7.91. The molecule has 3 aromatic rings. The van der Waals surface area contributed by atoms with Crippen molar-refractivity contribution in [3.8, 4) is 5.75 Å². The Kier molecular flexibility index (Phi) is 7.80. The first kappa shape index (κ1) is 25.9. The molecule has 1 saturated heterocycles. The van der Waals surface area contributed by atoms with Crippen molar-refractivity contribution in [2.24, 2.45) is 5.92 Å². The fraction of sp³-hybridized carbons (Fsp3) is 0.407. The molecule has 192 valence electrons. The van der Waals surface area contributed by atoms with Crippen LogP contribution in [0.15, 0.2) is 42.5 Å². The standard InChI is InChI=1S/C27H34N4O4S/c1-27(2,3)23-15-21(24(31-23)25(32)28-4)30-26(33)29-20-9-10-22(19-8-6-5-7-18(19)20)35-13-11-17-12-14-36(34)16-17/h5-10,15,17,31H,11-14,16H2,1-4H3,(H,28,32)(H2,29,30,33). The van der Waals surface area contributed by atoms with Crippen molar-refractivity contribution < 1.29 is 18.9 Å². The maximum absolute atomic E-state index is 13.0. The Bertz CT molecular complexity index is 1250. The van der Waals surface area contributed by atoms with Gasteiger partial charge in [0.15, 0.2) is 0 Å². The molecular formula is C27H34N4O4S. The Morgan fingerprint density at radius 3 is 2.50 bits per heavy atom. The monoisotopic (exact) mass is 510 g/mol. The highest BCUT2D eigenvalue weighted by atomic mass is 32.2. The van der Waals surface area contributed by atoms with Crippen molar-refractivity contribution in [2.45, 2.75) is 39.0 Å². The van der Waals surface area contributed by atoms with Gasteiger partial charge in [-0.25, -0.2) is 4.79 Å². The SMILES string of the molecule is CNC(=O)c1[nH]c(C(C)(C)C)cc1NC(=O)Nc1ccc(OCCC2CC[S+]([O-])C2)c2ccccc12. The number of aromatic nitrogens is 1. The lowest BCUT2D eigenvalue weighted by Crippen LogP contribution is -2.24. The summed E-state index contributed by atoms with van der Waals surface area (Å²) in [5, 5.41) is 10.1. The minimum Gasteiger partial charge on any atom is -0.616 e. The highest BCUT2D eigenvalue weighted by Gasteiger charge is 2.26. The number of amides is 3. The summed E-state index contributed by atoms with van der Waals surface area (Å²) in [5.74, 6) is 2.45. The fourth-order valence-electron chi connectivity index (χ4n) is 4.33. The zero-order valence-electron chi connectivity index (χ0n) is 21.2. The van der Waals surface area contributed by atoms with E-state index in [2.05, 4.69) is 20.9 Å². The van der Waals surface area contributed by atoms with Gasteiger partial charge in [-0.2, -0.15) is 0 Å². The molecule has 0 saturated carbocycles. The molecule has 3 amide bonds. The molecule has 36 heavy (non-hydrogen) atoms. The molecule has 4 rings (SSSR count). The number of benzene rings is 2. The molecule has 2 aromatic carbocycles. The van der Waals surface area contributed by atoms with Crippen LogP contribution < -0.4 is 20.7 Å². The summed E-state index contributed by atoms with van der Waals surface area (Å²) in [6.07, 6.45) is 1.87. The maximum Gasteiger partial charge on any atom is 0.323 e. The lowest BCUT2D eigenvalue weighted by atomic mass is 9.92. The number of hydrogen-bond acceptors (Lipinski definition) is 4. The number of nitrogens with one attached hydrogen (secondary N) is 4. The minimum absolute atomic E-state index is 0.222. The van der Waals surface area contributed by atoms with Crippen molar-refractivity contribution in [3.63, 3.8) is 0 Å². The van der Waals surface area contributed by atoms with Crippen LogP contribution in [0.25, 0.3) is 10.8 Å². The molecule has 1 aromatic heterocycles. The van der Waals surface area contributed by atoms with Gasteiger partial charge in [0, 0.05) is 34.8 Å². The van der Waals surface area contributed by atoms with Gasteiger partial charge in [0.1, 0.15) is 22.9 Å². The van der Waals surface area contributed by atoms with Gasteiger partial charge < -0.3 is 30.2 Å². The van der Waals surface area contributed by atoms with E-state index in [1.807, 2.05) is 57.2 Å². The molecule has 4 N–H and O–H groups in total. The number of rotatable bonds is 7. The molecule has 0 spiro atoms. The lowest BCUT2D eigenvalue weighted by molar-refractivity contribution is 0.0959. The minimum atomic E-state index is -0.681. The molecular weight excluding hydrogens is 476 g/mol. The van der Waals surface area contributed by atoms with Gasteiger partial charge >= 0.3 is 6.03 Å². The maximum atomic E-state index is 13.0. The topological polar surface area (TPSA) is 118 Å². The van der Waals surface area contributed by atoms with Crippen LogP contribution in [0.2, 0.25) is 0 Å². The van der Waals surface area contributed by atoms with Gasteiger partial charge in [0.05, 0.1) is 18.0 Å². The third-order valence-electron chi connectivity index (χ3n) is 6.42. The average molecular weight is 511 g/mol. The van der Waals surface area contributed by atoms with Crippen LogP contribution in [0.1, 0.15) is 49.8 Å². The summed E-state index contributed by atoms with van der Waals surface area (Å²) in [5.41, 5.74) is 1.97. The second kappa shape index (κ2) is 10.8. The van der Waals surface area contributed by atoms with Crippen LogP contribution in [0.4, 0.5) is 16.2 Å². The first-order valence-corrected chi connectivity index (χ1v) is 13.7. The molecule has 0 radical (unpaired) electrons. The summed E-state index contributed by atoms with van der Waals surface area (Å²) < 4.78 is 17.7. The van der Waals surface area contributed by atoms with E-state index >= 15 is 0 Å². The number of carbonyl (C=O) groups is 2. The Labute approximate surface area is 214 Å². The van der Waals surface area contributed by atoms with E-state index in [4.69, 9.17) is 4.74 Å². The Morgan fingerprint density at radius 2 is 1.83 bits per heavy atom. The molecule has 1 aliphatic rings. The predicted molar refractivity (Wildman–Crippen MR) is 146 cm³/mol. The summed E-state index contributed by atoms with van der Waals surface area (Å²) in [4.78, 5) is 28.5. The van der Waals surface area contributed by atoms with E-state index in [1.165, 1.54) is 0 Å². The van der Waals surface area contributed by atoms with Crippen molar-refractivity contribution in [1.82, 2.24) is 10.3 Å². The third-order valence-corrected chi connectivity index (χ3v) is 7.95. The Hall–Kier alpha value is -3.17. The van der Waals surface area contributed by atoms with Gasteiger partial charge in [-0.3, -0.25) is 4.79 Å². The second-order valence-corrected chi connectivity index (χ2v) is 11.8. The number of ether oxygens (including phenoxy) is 1. The smallest absolute Gasteiger partial charge is 0.323 e. The highest BCUT2D eigenvalue weighted by Crippen LogP contribution is 2.33. The molecule has 2 heterocycles. The van der Waals surface area contributed by atoms with Crippen molar-refractivity contribution in [2.75, 3.05) is 35.8 Å². The van der Waals surface area contributed by atoms with Crippen LogP contribution in [-0.2, 0) is 16.6 Å². The molecule has 9 heteroatoms. The van der Waals surface area contributed by atoms with Crippen LogP contribution >= 0.6 is 0 Å². The van der Waals surface area contributed by atoms with E-state index in [0.29, 0.717) is 29.6 Å². The molecule has 1 fully saturated rings. The van der Waals surface area contributed by atoms with Crippen LogP contribution in [-0.4, -0.2) is 46.6 Å². The number of aromatic amines is 1. The number of carbonyl (C=O) groups excluding carboxylic acids is 2. The van der Waals surface area contributed by atoms with E-state index in [1.54, 1.807) is 13.1 Å². The fourth-order valence-corrected chi connectivity index (χ4v) is 5.96. The van der Waals surface area contributed by atoms with Gasteiger partial charge in [-0.1, -0.05) is 56.2 Å². The Morgan fingerprint density at radius 1 is 1.11 bits per heavy atom. The van der Waals surface area contributed by atoms with Crippen molar-refractivity contribution in [1.29, 1.82) is 0 Å². The predicted octanol–water partition coefficient (Wildman–Crippen LogP) is 5.01. The molecule has 1 aliphatic heterocycles. The molecule has 8 nitrogen and oxygen atoms in total. The van der Waals surface area contributed by atoms with Gasteiger partial charge in [0.2, 0.25) is 0 Å². The number of anilines is 2. The normalized spacial score (nSPS) is 17.7. The molecule has 0 aliphatic carbocycles. The molecule has 0 bridgehead atoms. The van der Waals surface area contributed by atoms with Gasteiger partial charge in [-0.15, -0.1) is 0 Å². The van der Waals surface area contributed by atoms with E-state index in [-0.39, 0.29) is 11.3 Å². The van der Waals surface area contributed by atoms with Gasteiger partial charge in [0.25, 0.3) is 5.91 Å². The zero-order chi connectivity index (χ0) is 25.9. The first-order valence-electron chi connectivity index (χ1n) is 12.2. The summed E-state index contributed by atoms with van der Waals surface area (Å²) in [6, 6.07) is 12.8. The molecule has 2 atom stereocenters. The third kappa shape index (κ3) is 5.96. The lowest BCUT2D eigenvalue weighted by Gasteiger charge is -2.15. The molecule has 2 unspecified atom stereocenters. The largest absolute Gasteiger partial charge is 0.616 e. The van der Waals surface area contributed by atoms with E-state index in [0.717, 1.165) is 46.6 Å². The van der Waals surface area contributed by atoms with Crippen LogP contribution in [0.3, 0.4) is 0 Å². The zero-order valence-corrected chi connectivity index (χ0v) is 22.0. The van der Waals surface area contributed by atoms with Crippen molar-refractivity contribution in [3.05, 3.63) is 53.9 Å². The Balaban J connectivity index is 1.49. The summed E-state index contributed by atoms with van der Waals surface area (Å²) >= 11 is -0.681. The van der Waals surface area contributed by atoms with E-state index in [9.17, 15) is 14.1 Å². The number of H-pyrrole nitrogens is 1. The summed E-state index contributed by atoms with van der Waals surface area (Å²) in [6.45, 7) is 6.65. The van der Waals surface area contributed by atoms with E-state index < -0.39 is 17.2 Å². The number of fused-ring (bicyclic) bond motifs is 1. The number of urea groups is 1. The second-order valence-electron chi connectivity index (χ2n) is 10.1.